The summed E-state index contributed by atoms with van der Waals surface area (Å²) < 4.78 is 32.9. The molecular formula is C21H16Br2O5S. The van der Waals surface area contributed by atoms with Gasteiger partial charge in [0.05, 0.1) is 4.47 Å². The topological polar surface area (TPSA) is 83.8 Å². The molecular weight excluding hydrogens is 524 g/mol. The Hall–Kier alpha value is -1.87. The Labute approximate surface area is 185 Å². The van der Waals surface area contributed by atoms with Crippen LogP contribution in [0.25, 0.3) is 0 Å². The van der Waals surface area contributed by atoms with E-state index in [1.807, 2.05) is 0 Å². The number of rotatable bonds is 2. The fourth-order valence-corrected chi connectivity index (χ4v) is 6.44. The van der Waals surface area contributed by atoms with Crippen molar-refractivity contribution in [3.05, 3.63) is 85.3 Å². The van der Waals surface area contributed by atoms with Gasteiger partial charge in [-0.2, -0.15) is 8.42 Å². The van der Waals surface area contributed by atoms with Crippen molar-refractivity contribution in [3.63, 3.8) is 0 Å². The lowest BCUT2D eigenvalue weighted by molar-refractivity contribution is 0.179. The Morgan fingerprint density at radius 1 is 0.862 bits per heavy atom. The van der Waals surface area contributed by atoms with Crippen molar-refractivity contribution in [1.82, 2.24) is 0 Å². The largest absolute Gasteiger partial charge is 0.508 e. The summed E-state index contributed by atoms with van der Waals surface area (Å²) in [6.07, 6.45) is 0. The van der Waals surface area contributed by atoms with Crippen molar-refractivity contribution >= 4 is 42.0 Å². The first-order valence-corrected chi connectivity index (χ1v) is 11.6. The highest BCUT2D eigenvalue weighted by atomic mass is 79.9. The first-order chi connectivity index (χ1) is 13.6. The van der Waals surface area contributed by atoms with Gasteiger partial charge in [-0.3, -0.25) is 0 Å². The monoisotopic (exact) mass is 538 g/mol. The van der Waals surface area contributed by atoms with E-state index in [1.165, 1.54) is 12.1 Å². The zero-order chi connectivity index (χ0) is 21.1. The van der Waals surface area contributed by atoms with E-state index in [2.05, 4.69) is 31.9 Å². The number of phenolic OH excluding ortho intramolecular Hbond substituents is 2. The number of benzene rings is 3. The molecule has 0 fully saturated rings. The van der Waals surface area contributed by atoms with Crippen LogP contribution in [0.15, 0.2) is 62.4 Å². The summed E-state index contributed by atoms with van der Waals surface area (Å²) in [5.41, 5.74) is 0.982. The van der Waals surface area contributed by atoms with Gasteiger partial charge in [0.2, 0.25) is 0 Å². The Morgan fingerprint density at radius 2 is 1.38 bits per heavy atom. The second-order valence-electron chi connectivity index (χ2n) is 6.96. The molecule has 150 valence electrons. The van der Waals surface area contributed by atoms with Crippen LogP contribution < -0.4 is 0 Å². The summed E-state index contributed by atoms with van der Waals surface area (Å²) in [6, 6.07) is 13.2. The summed E-state index contributed by atoms with van der Waals surface area (Å²) in [5.74, 6) is 0.0349. The van der Waals surface area contributed by atoms with Crippen molar-refractivity contribution in [2.24, 2.45) is 0 Å². The lowest BCUT2D eigenvalue weighted by atomic mass is 9.79. The molecule has 0 bridgehead atoms. The van der Waals surface area contributed by atoms with Crippen LogP contribution in [0.3, 0.4) is 0 Å². The van der Waals surface area contributed by atoms with Crippen molar-refractivity contribution in [2.75, 3.05) is 0 Å². The van der Waals surface area contributed by atoms with Gasteiger partial charge in [0.15, 0.2) is 5.60 Å². The summed E-state index contributed by atoms with van der Waals surface area (Å²) in [5, 5.41) is 20.7. The minimum Gasteiger partial charge on any atom is -0.508 e. The number of hydrogen-bond acceptors (Lipinski definition) is 5. The quantitative estimate of drug-likeness (QED) is 0.434. The van der Waals surface area contributed by atoms with Crippen molar-refractivity contribution in [1.29, 1.82) is 0 Å². The molecule has 0 radical (unpaired) electrons. The minimum atomic E-state index is -4.15. The highest BCUT2D eigenvalue weighted by Crippen LogP contribution is 2.54. The van der Waals surface area contributed by atoms with Gasteiger partial charge < -0.3 is 10.2 Å². The number of halogens is 2. The van der Waals surface area contributed by atoms with E-state index in [9.17, 15) is 18.6 Å². The van der Waals surface area contributed by atoms with E-state index < -0.39 is 15.7 Å². The van der Waals surface area contributed by atoms with Crippen molar-refractivity contribution < 1.29 is 22.8 Å². The van der Waals surface area contributed by atoms with Crippen molar-refractivity contribution in [2.45, 2.75) is 24.3 Å². The third kappa shape index (κ3) is 3.01. The lowest BCUT2D eigenvalue weighted by Crippen LogP contribution is -2.29. The summed E-state index contributed by atoms with van der Waals surface area (Å²) in [6.45, 7) is 3.49. The van der Waals surface area contributed by atoms with Crippen molar-refractivity contribution in [3.8, 4) is 11.5 Å². The van der Waals surface area contributed by atoms with Crippen LogP contribution in [0.2, 0.25) is 0 Å². The van der Waals surface area contributed by atoms with Gasteiger partial charge >= 0.3 is 0 Å². The van der Waals surface area contributed by atoms with Gasteiger partial charge in [0.25, 0.3) is 10.1 Å². The molecule has 8 heteroatoms. The maximum absolute atomic E-state index is 13.1. The Kier molecular flexibility index (Phi) is 4.81. The third-order valence-electron chi connectivity index (χ3n) is 5.15. The van der Waals surface area contributed by atoms with E-state index in [-0.39, 0.29) is 16.4 Å². The van der Waals surface area contributed by atoms with Gasteiger partial charge in [-0.05, 0) is 86.2 Å². The van der Waals surface area contributed by atoms with Crippen LogP contribution in [-0.4, -0.2) is 18.6 Å². The van der Waals surface area contributed by atoms with E-state index in [4.69, 9.17) is 4.18 Å². The molecule has 0 spiro atoms. The third-order valence-corrected chi connectivity index (χ3v) is 8.82. The highest BCUT2D eigenvalue weighted by molar-refractivity contribution is 9.13. The van der Waals surface area contributed by atoms with Crippen LogP contribution in [-0.2, 0) is 19.9 Å². The number of hydrogen-bond donors (Lipinski definition) is 2. The normalized spacial score (nSPS) is 16.6. The number of aryl methyl sites for hydroxylation is 2. The first-order valence-electron chi connectivity index (χ1n) is 8.62. The van der Waals surface area contributed by atoms with Gasteiger partial charge in [-0.1, -0.05) is 30.3 Å². The first kappa shape index (κ1) is 20.4. The second kappa shape index (κ2) is 6.84. The van der Waals surface area contributed by atoms with E-state index >= 15 is 0 Å². The maximum Gasteiger partial charge on any atom is 0.300 e. The molecule has 0 atom stereocenters. The van der Waals surface area contributed by atoms with Crippen LogP contribution in [0.5, 0.6) is 11.5 Å². The van der Waals surface area contributed by atoms with Gasteiger partial charge in [-0.15, -0.1) is 0 Å². The van der Waals surface area contributed by atoms with E-state index in [0.29, 0.717) is 36.8 Å². The molecule has 4 rings (SSSR count). The molecule has 3 aromatic rings. The Morgan fingerprint density at radius 3 is 1.86 bits per heavy atom. The lowest BCUT2D eigenvalue weighted by Gasteiger charge is -2.30. The standard InChI is InChI=1S/C21H16Br2O5S/c1-11-3-5-13(9-17(11)24)21(14-6-4-12(2)18(25)10-14)15-7-8-16(22)19(23)20(15)29(26,27)28-21/h3-10,24-25H,1-2H3. The maximum atomic E-state index is 13.1. The fourth-order valence-electron chi connectivity index (χ4n) is 3.54. The average Bonchev–Trinajstić information content (AvgIpc) is 2.91. The number of phenols is 2. The molecule has 0 aromatic heterocycles. The molecule has 1 aliphatic rings. The molecule has 0 saturated heterocycles. The van der Waals surface area contributed by atoms with Crippen LogP contribution in [0.4, 0.5) is 0 Å². The summed E-state index contributed by atoms with van der Waals surface area (Å²) in [7, 11) is -4.15. The average molecular weight is 540 g/mol. The summed E-state index contributed by atoms with van der Waals surface area (Å²) >= 11 is 6.70. The van der Waals surface area contributed by atoms with E-state index in [0.717, 1.165) is 0 Å². The highest BCUT2D eigenvalue weighted by Gasteiger charge is 2.52. The molecule has 0 aliphatic carbocycles. The predicted octanol–water partition coefficient (Wildman–Crippen LogP) is 5.25. The molecule has 0 saturated carbocycles. The molecule has 1 heterocycles. The van der Waals surface area contributed by atoms with Gasteiger partial charge in [-0.25, -0.2) is 4.18 Å². The zero-order valence-corrected chi connectivity index (χ0v) is 19.4. The Bertz CT molecular complexity index is 1220. The zero-order valence-electron chi connectivity index (χ0n) is 15.4. The van der Waals surface area contributed by atoms with E-state index in [1.54, 1.807) is 50.2 Å². The second-order valence-corrected chi connectivity index (χ2v) is 10.1. The molecule has 5 nitrogen and oxygen atoms in total. The minimum absolute atomic E-state index is 0.00649. The van der Waals surface area contributed by atoms with Crippen LogP contribution in [0, 0.1) is 13.8 Å². The smallest absolute Gasteiger partial charge is 0.300 e. The molecule has 0 amide bonds. The summed E-state index contributed by atoms with van der Waals surface area (Å²) in [4.78, 5) is 0.00649. The van der Waals surface area contributed by atoms with Crippen LogP contribution in [0.1, 0.15) is 27.8 Å². The fraction of sp³-hybridized carbons (Fsp3) is 0.143. The number of fused-ring (bicyclic) bond motifs is 1. The SMILES string of the molecule is Cc1ccc(C2(c3ccc(C)c(O)c3)OS(=O)(=O)c3c2ccc(Br)c3Br)cc1O. The predicted molar refractivity (Wildman–Crippen MR) is 116 cm³/mol. The Balaban J connectivity index is 2.16. The molecule has 29 heavy (non-hydrogen) atoms. The molecule has 1 aliphatic heterocycles. The van der Waals surface area contributed by atoms with Gasteiger partial charge in [0, 0.05) is 10.0 Å². The number of aromatic hydroxyl groups is 2. The van der Waals surface area contributed by atoms with Crippen LogP contribution >= 0.6 is 31.9 Å². The van der Waals surface area contributed by atoms with Gasteiger partial charge in [0.1, 0.15) is 16.4 Å². The molecule has 2 N–H and O–H groups in total. The molecule has 0 unspecified atom stereocenters. The molecule has 3 aromatic carbocycles.